The Hall–Kier alpha value is -2.43. The highest BCUT2D eigenvalue weighted by molar-refractivity contribution is 5.79. The summed E-state index contributed by atoms with van der Waals surface area (Å²) in [5.74, 6) is -0.112. The normalized spacial score (nSPS) is 15.0. The third-order valence-electron chi connectivity index (χ3n) is 3.90. The van der Waals surface area contributed by atoms with E-state index in [1.165, 1.54) is 6.07 Å². The average molecular weight is 299 g/mol. The maximum Gasteiger partial charge on any atom is 0.227 e. The highest BCUT2D eigenvalue weighted by atomic mass is 19.1. The van der Waals surface area contributed by atoms with Crippen LogP contribution in [0.15, 0.2) is 48.8 Å². The molecule has 1 fully saturated rings. The lowest BCUT2D eigenvalue weighted by Gasteiger charge is -2.36. The molecule has 0 aliphatic carbocycles. The van der Waals surface area contributed by atoms with E-state index in [4.69, 9.17) is 0 Å². The molecule has 1 aliphatic rings. The van der Waals surface area contributed by atoms with Gasteiger partial charge in [0.05, 0.1) is 12.1 Å². The molecule has 2 heterocycles. The number of hydrogen-bond donors (Lipinski definition) is 0. The molecule has 0 unspecified atom stereocenters. The van der Waals surface area contributed by atoms with Gasteiger partial charge in [0.2, 0.25) is 5.91 Å². The number of rotatable bonds is 3. The maximum absolute atomic E-state index is 13.8. The topological polar surface area (TPSA) is 36.4 Å². The number of anilines is 1. The Morgan fingerprint density at radius 1 is 1.09 bits per heavy atom. The lowest BCUT2D eigenvalue weighted by Crippen LogP contribution is -2.49. The van der Waals surface area contributed by atoms with E-state index in [0.717, 1.165) is 5.56 Å². The third-order valence-corrected chi connectivity index (χ3v) is 3.90. The monoisotopic (exact) mass is 299 g/mol. The SMILES string of the molecule is O=C(Cc1cccnc1)N1CCN(c2ccccc2F)CC1. The summed E-state index contributed by atoms with van der Waals surface area (Å²) in [6.45, 7) is 2.54. The van der Waals surface area contributed by atoms with Gasteiger partial charge in [-0.2, -0.15) is 0 Å². The Balaban J connectivity index is 1.58. The van der Waals surface area contributed by atoms with Gasteiger partial charge in [0.15, 0.2) is 0 Å². The van der Waals surface area contributed by atoms with Gasteiger partial charge in [-0.1, -0.05) is 18.2 Å². The summed E-state index contributed by atoms with van der Waals surface area (Å²) in [7, 11) is 0. The largest absolute Gasteiger partial charge is 0.366 e. The van der Waals surface area contributed by atoms with Crippen LogP contribution in [0.5, 0.6) is 0 Å². The molecule has 1 amide bonds. The fraction of sp³-hybridized carbons (Fsp3) is 0.294. The van der Waals surface area contributed by atoms with Crippen molar-refractivity contribution in [1.82, 2.24) is 9.88 Å². The number of halogens is 1. The maximum atomic E-state index is 13.8. The van der Waals surface area contributed by atoms with Crippen LogP contribution in [0.1, 0.15) is 5.56 Å². The first-order valence-electron chi connectivity index (χ1n) is 7.40. The van der Waals surface area contributed by atoms with Crippen molar-refractivity contribution in [1.29, 1.82) is 0 Å². The number of amides is 1. The van der Waals surface area contributed by atoms with E-state index < -0.39 is 0 Å². The predicted octanol–water partition coefficient (Wildman–Crippen LogP) is 2.11. The molecule has 1 saturated heterocycles. The molecule has 0 bridgehead atoms. The van der Waals surface area contributed by atoms with Crippen molar-refractivity contribution >= 4 is 11.6 Å². The summed E-state index contributed by atoms with van der Waals surface area (Å²) >= 11 is 0. The molecule has 114 valence electrons. The number of carbonyl (C=O) groups excluding carboxylic acids is 1. The molecule has 1 aliphatic heterocycles. The third kappa shape index (κ3) is 3.24. The molecular weight excluding hydrogens is 281 g/mol. The lowest BCUT2D eigenvalue weighted by atomic mass is 10.1. The van der Waals surface area contributed by atoms with E-state index in [-0.39, 0.29) is 11.7 Å². The van der Waals surface area contributed by atoms with Gasteiger partial charge in [-0.05, 0) is 23.8 Å². The second-order valence-electron chi connectivity index (χ2n) is 5.36. The molecule has 2 aromatic rings. The van der Waals surface area contributed by atoms with Crippen molar-refractivity contribution in [2.75, 3.05) is 31.1 Å². The molecule has 5 heteroatoms. The second-order valence-corrected chi connectivity index (χ2v) is 5.36. The van der Waals surface area contributed by atoms with Crippen LogP contribution in [0.25, 0.3) is 0 Å². The minimum absolute atomic E-state index is 0.0983. The summed E-state index contributed by atoms with van der Waals surface area (Å²) in [4.78, 5) is 20.1. The smallest absolute Gasteiger partial charge is 0.227 e. The van der Waals surface area contributed by atoms with E-state index >= 15 is 0 Å². The summed E-state index contributed by atoms with van der Waals surface area (Å²) < 4.78 is 13.8. The predicted molar refractivity (Wildman–Crippen MR) is 83.1 cm³/mol. The molecular formula is C17H18FN3O. The zero-order chi connectivity index (χ0) is 15.4. The number of piperazine rings is 1. The highest BCUT2D eigenvalue weighted by Gasteiger charge is 2.22. The molecule has 0 radical (unpaired) electrons. The molecule has 0 spiro atoms. The Morgan fingerprint density at radius 3 is 2.55 bits per heavy atom. The van der Waals surface area contributed by atoms with Crippen molar-refractivity contribution in [3.63, 3.8) is 0 Å². The summed E-state index contributed by atoms with van der Waals surface area (Å²) in [5, 5.41) is 0. The summed E-state index contributed by atoms with van der Waals surface area (Å²) in [6, 6.07) is 10.5. The van der Waals surface area contributed by atoms with Crippen LogP contribution in [0.2, 0.25) is 0 Å². The first-order chi connectivity index (χ1) is 10.7. The molecule has 0 atom stereocenters. The van der Waals surface area contributed by atoms with Gasteiger partial charge in [-0.15, -0.1) is 0 Å². The number of nitrogens with zero attached hydrogens (tertiary/aromatic N) is 3. The molecule has 1 aromatic carbocycles. The van der Waals surface area contributed by atoms with Crippen molar-refractivity contribution in [2.24, 2.45) is 0 Å². The standard InChI is InChI=1S/C17H18FN3O/c18-15-5-1-2-6-16(15)20-8-10-21(11-9-20)17(22)12-14-4-3-7-19-13-14/h1-7,13H,8-12H2. The Morgan fingerprint density at radius 2 is 1.86 bits per heavy atom. The van der Waals surface area contributed by atoms with Crippen molar-refractivity contribution in [3.8, 4) is 0 Å². The van der Waals surface area contributed by atoms with Crippen LogP contribution in [-0.4, -0.2) is 42.0 Å². The zero-order valence-electron chi connectivity index (χ0n) is 12.3. The number of benzene rings is 1. The number of para-hydroxylation sites is 1. The fourth-order valence-electron chi connectivity index (χ4n) is 2.69. The van der Waals surface area contributed by atoms with Crippen LogP contribution in [0.4, 0.5) is 10.1 Å². The zero-order valence-corrected chi connectivity index (χ0v) is 12.3. The van der Waals surface area contributed by atoms with Crippen LogP contribution < -0.4 is 4.90 Å². The Kier molecular flexibility index (Phi) is 4.32. The number of hydrogen-bond acceptors (Lipinski definition) is 3. The van der Waals surface area contributed by atoms with Gasteiger partial charge in [0, 0.05) is 38.6 Å². The summed E-state index contributed by atoms with van der Waals surface area (Å²) in [6.07, 6.45) is 3.78. The van der Waals surface area contributed by atoms with E-state index in [1.807, 2.05) is 28.0 Å². The number of carbonyl (C=O) groups is 1. The van der Waals surface area contributed by atoms with E-state index in [2.05, 4.69) is 4.98 Å². The van der Waals surface area contributed by atoms with Crippen LogP contribution in [0, 0.1) is 5.82 Å². The van der Waals surface area contributed by atoms with Gasteiger partial charge in [0.25, 0.3) is 0 Å². The van der Waals surface area contributed by atoms with E-state index in [9.17, 15) is 9.18 Å². The van der Waals surface area contributed by atoms with Gasteiger partial charge < -0.3 is 9.80 Å². The van der Waals surface area contributed by atoms with Crippen LogP contribution in [0.3, 0.4) is 0 Å². The Labute approximate surface area is 129 Å². The molecule has 0 N–H and O–H groups in total. The molecule has 22 heavy (non-hydrogen) atoms. The van der Waals surface area contributed by atoms with Crippen molar-refractivity contribution in [2.45, 2.75) is 6.42 Å². The van der Waals surface area contributed by atoms with Crippen LogP contribution >= 0.6 is 0 Å². The van der Waals surface area contributed by atoms with Crippen molar-refractivity contribution < 1.29 is 9.18 Å². The van der Waals surface area contributed by atoms with Gasteiger partial charge in [-0.3, -0.25) is 9.78 Å². The van der Waals surface area contributed by atoms with Crippen molar-refractivity contribution in [3.05, 3.63) is 60.2 Å². The first kappa shape index (κ1) is 14.5. The van der Waals surface area contributed by atoms with Gasteiger partial charge >= 0.3 is 0 Å². The minimum Gasteiger partial charge on any atom is -0.366 e. The number of aromatic nitrogens is 1. The van der Waals surface area contributed by atoms with Gasteiger partial charge in [0.1, 0.15) is 5.82 Å². The van der Waals surface area contributed by atoms with E-state index in [1.54, 1.807) is 24.5 Å². The molecule has 0 saturated carbocycles. The molecule has 1 aromatic heterocycles. The summed E-state index contributed by atoms with van der Waals surface area (Å²) in [5.41, 5.74) is 1.53. The minimum atomic E-state index is -0.211. The quantitative estimate of drug-likeness (QED) is 0.871. The average Bonchev–Trinajstić information content (AvgIpc) is 2.56. The van der Waals surface area contributed by atoms with Gasteiger partial charge in [-0.25, -0.2) is 4.39 Å². The highest BCUT2D eigenvalue weighted by Crippen LogP contribution is 2.20. The molecule has 3 rings (SSSR count). The second kappa shape index (κ2) is 6.56. The fourth-order valence-corrected chi connectivity index (χ4v) is 2.69. The first-order valence-corrected chi connectivity index (χ1v) is 7.40. The number of pyridine rings is 1. The van der Waals surface area contributed by atoms with E-state index in [0.29, 0.717) is 38.3 Å². The molecule has 4 nitrogen and oxygen atoms in total. The lowest BCUT2D eigenvalue weighted by molar-refractivity contribution is -0.130. The van der Waals surface area contributed by atoms with Crippen LogP contribution in [-0.2, 0) is 11.2 Å². The Bertz CT molecular complexity index is 639.